The van der Waals surface area contributed by atoms with Crippen LogP contribution in [0.4, 0.5) is 13.2 Å². The molecule has 0 heterocycles. The summed E-state index contributed by atoms with van der Waals surface area (Å²) < 4.78 is 44.8. The van der Waals surface area contributed by atoms with Crippen molar-refractivity contribution in [1.82, 2.24) is 0 Å². The number of hydrogen-bond acceptors (Lipinski definition) is 2. The summed E-state index contributed by atoms with van der Waals surface area (Å²) >= 11 is 0. The zero-order valence-corrected chi connectivity index (χ0v) is 13.4. The summed E-state index contributed by atoms with van der Waals surface area (Å²) in [5.74, 6) is -0.949. The molecule has 0 N–H and O–H groups in total. The first-order valence-corrected chi connectivity index (χ1v) is 7.67. The summed E-state index contributed by atoms with van der Waals surface area (Å²) in [5, 5.41) is 0. The fourth-order valence-electron chi connectivity index (χ4n) is 4.06. The molecule has 4 unspecified atom stereocenters. The smallest absolute Gasteiger partial charge is 0.404 e. The molecular formula is C16H25F3O2. The molecule has 2 fully saturated rings. The lowest BCUT2D eigenvalue weighted by atomic mass is 9.71. The van der Waals surface area contributed by atoms with Gasteiger partial charge in [-0.25, -0.2) is 0 Å². The van der Waals surface area contributed by atoms with Gasteiger partial charge < -0.3 is 4.74 Å². The quantitative estimate of drug-likeness (QED) is 0.705. The maximum absolute atomic E-state index is 13.1. The van der Waals surface area contributed by atoms with E-state index in [0.29, 0.717) is 6.42 Å². The molecular weight excluding hydrogens is 281 g/mol. The summed E-state index contributed by atoms with van der Waals surface area (Å²) in [7, 11) is 0. The summed E-state index contributed by atoms with van der Waals surface area (Å²) in [4.78, 5) is 12.1. The zero-order chi connectivity index (χ0) is 16.3. The van der Waals surface area contributed by atoms with Crippen molar-refractivity contribution in [3.05, 3.63) is 0 Å². The van der Waals surface area contributed by atoms with Crippen molar-refractivity contribution in [3.63, 3.8) is 0 Å². The SMILES string of the molecule is CCC(C)(C(=O)OC1CC2(C)CCC1C2(C)C)C(F)(F)F. The molecule has 4 atom stereocenters. The normalized spacial score (nSPS) is 37.3. The first-order valence-electron chi connectivity index (χ1n) is 7.67. The number of esters is 1. The molecule has 2 saturated carbocycles. The highest BCUT2D eigenvalue weighted by molar-refractivity contribution is 5.77. The second kappa shape index (κ2) is 4.63. The van der Waals surface area contributed by atoms with Crippen LogP contribution in [0.15, 0.2) is 0 Å². The molecule has 122 valence electrons. The van der Waals surface area contributed by atoms with Crippen LogP contribution in [0, 0.1) is 22.2 Å². The monoisotopic (exact) mass is 306 g/mol. The average Bonchev–Trinajstić information content (AvgIpc) is 2.67. The number of alkyl halides is 3. The van der Waals surface area contributed by atoms with Gasteiger partial charge in [0.15, 0.2) is 5.41 Å². The van der Waals surface area contributed by atoms with Crippen molar-refractivity contribution >= 4 is 5.97 Å². The van der Waals surface area contributed by atoms with Crippen LogP contribution < -0.4 is 0 Å². The molecule has 0 aromatic heterocycles. The van der Waals surface area contributed by atoms with E-state index in [-0.39, 0.29) is 29.3 Å². The number of halogens is 3. The van der Waals surface area contributed by atoms with Crippen LogP contribution in [0.5, 0.6) is 0 Å². The van der Waals surface area contributed by atoms with Gasteiger partial charge in [-0.1, -0.05) is 27.7 Å². The predicted molar refractivity (Wildman–Crippen MR) is 73.6 cm³/mol. The third-order valence-electron chi connectivity index (χ3n) is 6.63. The Bertz CT molecular complexity index is 441. The number of hydrogen-bond donors (Lipinski definition) is 0. The van der Waals surface area contributed by atoms with Gasteiger partial charge in [0.05, 0.1) is 0 Å². The van der Waals surface area contributed by atoms with Crippen molar-refractivity contribution in [2.75, 3.05) is 0 Å². The molecule has 0 aromatic carbocycles. The van der Waals surface area contributed by atoms with Crippen LogP contribution >= 0.6 is 0 Å². The van der Waals surface area contributed by atoms with Gasteiger partial charge in [0.1, 0.15) is 6.10 Å². The van der Waals surface area contributed by atoms with Crippen LogP contribution in [0.3, 0.4) is 0 Å². The maximum atomic E-state index is 13.1. The molecule has 0 radical (unpaired) electrons. The first-order chi connectivity index (χ1) is 9.39. The van der Waals surface area contributed by atoms with Gasteiger partial charge in [-0.05, 0) is 43.4 Å². The number of carbonyl (C=O) groups excluding carboxylic acids is 1. The molecule has 2 aliphatic rings. The zero-order valence-electron chi connectivity index (χ0n) is 13.4. The average molecular weight is 306 g/mol. The topological polar surface area (TPSA) is 26.3 Å². The van der Waals surface area contributed by atoms with Crippen LogP contribution in [0.1, 0.15) is 60.3 Å². The summed E-state index contributed by atoms with van der Waals surface area (Å²) in [6, 6.07) is 0. The van der Waals surface area contributed by atoms with Gasteiger partial charge in [0.2, 0.25) is 0 Å². The lowest BCUT2D eigenvalue weighted by molar-refractivity contribution is -0.234. The van der Waals surface area contributed by atoms with Gasteiger partial charge >= 0.3 is 12.1 Å². The van der Waals surface area contributed by atoms with Crippen LogP contribution in [-0.2, 0) is 9.53 Å². The van der Waals surface area contributed by atoms with Gasteiger partial charge in [-0.2, -0.15) is 13.2 Å². The minimum absolute atomic E-state index is 0.0127. The molecule has 0 aromatic rings. The molecule has 2 rings (SSSR count). The standard InChI is InChI=1S/C16H25F3O2/c1-6-15(5,16(17,18)19)12(20)21-11-9-14(4)8-7-10(11)13(14,2)3/h10-11H,6-9H2,1-5H3. The summed E-state index contributed by atoms with van der Waals surface area (Å²) in [6.45, 7) is 8.75. The minimum Gasteiger partial charge on any atom is -0.461 e. The third-order valence-corrected chi connectivity index (χ3v) is 6.63. The second-order valence-electron chi connectivity index (χ2n) is 7.76. The summed E-state index contributed by atoms with van der Waals surface area (Å²) in [5.41, 5.74) is -2.33. The molecule has 0 spiro atoms. The highest BCUT2D eigenvalue weighted by atomic mass is 19.4. The largest absolute Gasteiger partial charge is 0.461 e. The Balaban J connectivity index is 2.16. The Kier molecular flexibility index (Phi) is 3.66. The number of carbonyl (C=O) groups is 1. The molecule has 0 saturated heterocycles. The van der Waals surface area contributed by atoms with Crippen molar-refractivity contribution < 1.29 is 22.7 Å². The van der Waals surface area contributed by atoms with Crippen molar-refractivity contribution in [3.8, 4) is 0 Å². The van der Waals surface area contributed by atoms with Gasteiger partial charge in [0, 0.05) is 5.92 Å². The fraction of sp³-hybridized carbons (Fsp3) is 0.938. The lowest BCUT2D eigenvalue weighted by Crippen LogP contribution is -2.45. The third kappa shape index (κ3) is 2.18. The van der Waals surface area contributed by atoms with Gasteiger partial charge in [-0.3, -0.25) is 4.79 Å². The highest BCUT2D eigenvalue weighted by Gasteiger charge is 2.63. The van der Waals surface area contributed by atoms with E-state index in [2.05, 4.69) is 20.8 Å². The van der Waals surface area contributed by atoms with E-state index >= 15 is 0 Å². The van der Waals surface area contributed by atoms with Crippen LogP contribution in [0.2, 0.25) is 0 Å². The van der Waals surface area contributed by atoms with E-state index in [4.69, 9.17) is 4.74 Å². The fourth-order valence-corrected chi connectivity index (χ4v) is 4.06. The van der Waals surface area contributed by atoms with Crippen molar-refractivity contribution in [1.29, 1.82) is 0 Å². The predicted octanol–water partition coefficient (Wildman–Crippen LogP) is 4.72. The Morgan fingerprint density at radius 1 is 1.29 bits per heavy atom. The van der Waals surface area contributed by atoms with E-state index in [0.717, 1.165) is 19.8 Å². The molecule has 2 bridgehead atoms. The number of fused-ring (bicyclic) bond motifs is 2. The molecule has 0 amide bonds. The van der Waals surface area contributed by atoms with E-state index in [1.807, 2.05) is 0 Å². The summed E-state index contributed by atoms with van der Waals surface area (Å²) in [6.07, 6.45) is -2.59. The number of ether oxygens (including phenoxy) is 1. The van der Waals surface area contributed by atoms with Gasteiger partial charge in [-0.15, -0.1) is 0 Å². The van der Waals surface area contributed by atoms with E-state index in [1.54, 1.807) is 0 Å². The highest BCUT2D eigenvalue weighted by Crippen LogP contribution is 2.66. The molecule has 21 heavy (non-hydrogen) atoms. The Labute approximate surface area is 124 Å². The van der Waals surface area contributed by atoms with E-state index < -0.39 is 17.6 Å². The molecule has 2 aliphatic carbocycles. The molecule has 0 aliphatic heterocycles. The lowest BCUT2D eigenvalue weighted by Gasteiger charge is -2.33. The second-order valence-corrected chi connectivity index (χ2v) is 7.76. The maximum Gasteiger partial charge on any atom is 0.404 e. The van der Waals surface area contributed by atoms with Crippen LogP contribution in [-0.4, -0.2) is 18.2 Å². The van der Waals surface area contributed by atoms with Crippen molar-refractivity contribution in [2.24, 2.45) is 22.2 Å². The Morgan fingerprint density at radius 3 is 2.19 bits per heavy atom. The first kappa shape index (κ1) is 16.6. The Hall–Kier alpha value is -0.740. The molecule has 2 nitrogen and oxygen atoms in total. The Morgan fingerprint density at radius 2 is 1.86 bits per heavy atom. The van der Waals surface area contributed by atoms with Crippen LogP contribution in [0.25, 0.3) is 0 Å². The molecule has 5 heteroatoms. The van der Waals surface area contributed by atoms with Gasteiger partial charge in [0.25, 0.3) is 0 Å². The number of rotatable bonds is 3. The van der Waals surface area contributed by atoms with E-state index in [9.17, 15) is 18.0 Å². The van der Waals surface area contributed by atoms with E-state index in [1.165, 1.54) is 6.92 Å². The minimum atomic E-state index is -4.57. The van der Waals surface area contributed by atoms with Crippen molar-refractivity contribution in [2.45, 2.75) is 72.6 Å².